The molecule has 1 unspecified atom stereocenters. The van der Waals surface area contributed by atoms with Crippen LogP contribution < -0.4 is 21.4 Å². The second-order valence-corrected chi connectivity index (χ2v) is 22.8. The number of amides is 4. The molecule has 0 saturated carbocycles. The smallest absolute Gasteiger partial charge is 0.325 e. The second kappa shape index (κ2) is 29.1. The molecular formula is C60H88FN5O12. The summed E-state index contributed by atoms with van der Waals surface area (Å²) in [4.78, 5) is 82.1. The number of piperidine rings is 1. The number of cyclic esters (lactones) is 1. The monoisotopic (exact) mass is 1090 g/mol. The van der Waals surface area contributed by atoms with Crippen molar-refractivity contribution in [3.8, 4) is 5.75 Å². The van der Waals surface area contributed by atoms with Gasteiger partial charge in [-0.05, 0) is 106 Å². The van der Waals surface area contributed by atoms with Crippen molar-refractivity contribution in [1.82, 2.24) is 26.4 Å². The van der Waals surface area contributed by atoms with Crippen molar-refractivity contribution < 1.29 is 63.1 Å². The number of Topliss-reactive ketones (excluding diaryl/α,β-unsaturated/α-hetero) is 1. The number of fused-ring (bicyclic) bond motifs is 2. The number of carbonyl (C=O) groups excluding carboxylic acids is 6. The first-order valence-corrected chi connectivity index (χ1v) is 28.1. The fourth-order valence-electron chi connectivity index (χ4n) is 11.0. The molecule has 2 saturated heterocycles. The molecule has 17 nitrogen and oxygen atoms in total. The topological polar surface area (TPSA) is 253 Å². The average molecular weight is 1090 g/mol. The number of aliphatic hydroxyl groups is 3. The van der Waals surface area contributed by atoms with Crippen molar-refractivity contribution >= 4 is 35.4 Å². The molecule has 1 aromatic carbocycles. The van der Waals surface area contributed by atoms with Crippen molar-refractivity contribution in [1.29, 1.82) is 0 Å². The molecule has 0 aliphatic carbocycles. The number of nitrogens with zero attached hydrogens (tertiary/aromatic N) is 1. The Morgan fingerprint density at radius 1 is 1.00 bits per heavy atom. The molecule has 4 aliphatic rings. The number of benzene rings is 1. The summed E-state index contributed by atoms with van der Waals surface area (Å²) in [5, 5.41) is 54.4. The number of phenolic OH excluding ortho intramolecular Hbond substituents is 1. The number of esters is 1. The summed E-state index contributed by atoms with van der Waals surface area (Å²) in [5.41, 5.74) is 3.97. The molecule has 0 radical (unpaired) electrons. The number of allylic oxidation sites excluding steroid dienone is 5. The van der Waals surface area contributed by atoms with Crippen LogP contribution in [0.3, 0.4) is 0 Å². The predicted octanol–water partition coefficient (Wildman–Crippen LogP) is 6.50. The van der Waals surface area contributed by atoms with Gasteiger partial charge < -0.3 is 50.6 Å². The quantitative estimate of drug-likeness (QED) is 0.0532. The minimum absolute atomic E-state index is 0.000148. The Balaban J connectivity index is 1.36. The third-order valence-electron chi connectivity index (χ3n) is 16.2. The first kappa shape index (κ1) is 63.3. The minimum atomic E-state index is -1.46. The van der Waals surface area contributed by atoms with Crippen LogP contribution in [0.2, 0.25) is 0 Å². The lowest BCUT2D eigenvalue weighted by molar-refractivity contribution is -0.179. The van der Waals surface area contributed by atoms with Crippen LogP contribution in [-0.2, 0) is 44.7 Å². The molecule has 2 fully saturated rings. The van der Waals surface area contributed by atoms with Gasteiger partial charge in [0.2, 0.25) is 17.7 Å². The van der Waals surface area contributed by atoms with Crippen LogP contribution in [0.5, 0.6) is 5.75 Å². The van der Waals surface area contributed by atoms with Gasteiger partial charge in [-0.25, -0.2) is 9.82 Å². The number of rotatable bonds is 15. The number of carbonyl (C=O) groups is 6. The van der Waals surface area contributed by atoms with Crippen molar-refractivity contribution in [2.75, 3.05) is 6.54 Å². The number of halogens is 1. The summed E-state index contributed by atoms with van der Waals surface area (Å²) in [7, 11) is 0. The van der Waals surface area contributed by atoms with Crippen LogP contribution in [0.25, 0.3) is 0 Å². The molecule has 15 atom stereocenters. The summed E-state index contributed by atoms with van der Waals surface area (Å²) in [6.07, 6.45) is 13.5. The Kier molecular flexibility index (Phi) is 23.6. The van der Waals surface area contributed by atoms with Crippen LogP contribution in [0.1, 0.15) is 139 Å². The number of aliphatic hydroxyl groups excluding tert-OH is 3. The highest BCUT2D eigenvalue weighted by Gasteiger charge is 2.51. The van der Waals surface area contributed by atoms with Crippen LogP contribution in [0.4, 0.5) is 4.39 Å². The van der Waals surface area contributed by atoms with E-state index in [0.29, 0.717) is 37.7 Å². The van der Waals surface area contributed by atoms with Gasteiger partial charge in [-0.3, -0.25) is 29.0 Å². The Bertz CT molecular complexity index is 2400. The SMILES string of the molecule is CC[C@H]1C[C@H](C)[C@@]2(NC1=O)O[C@@H](C[C@H](O)[C@@H](C)CCC=CC=C(C)[C@@H]1CC=CC=C[C@H](O)[C@H](C)[C@@H](O)[C@@H](CCC(C)=O)C(=O)N[C@@H](C(C)C)C(=O)N[C@@H](Cc3cc(O)cc(F)c3)C(=O)N3CCCC(N3)C(=O)O1)[C@H](C)C=C2C. The van der Waals surface area contributed by atoms with Gasteiger partial charge in [0.15, 0.2) is 5.72 Å². The fraction of sp³-hybridized carbons (Fsp3) is 0.633. The van der Waals surface area contributed by atoms with Gasteiger partial charge >= 0.3 is 5.97 Å². The molecule has 4 amide bonds. The number of hydrogen-bond acceptors (Lipinski definition) is 13. The number of ketones is 1. The molecule has 432 valence electrons. The molecule has 1 aromatic rings. The lowest BCUT2D eigenvalue weighted by Crippen LogP contribution is -2.64. The standard InChI is InChI=1S/C60H88FN5O12/c1-11-43-28-39(8)60(64-55(43)72)38(7)27-37(6)52(78-60)33-50(70)35(4)19-14-12-15-20-36(5)51-23-17-13-16-22-49(69)41(10)54(71)46(25-24-40(9)67)56(73)63-53(34(2)3)57(74)62-48(31-42-29-44(61)32-45(68)30-42)58(75)66-26-18-21-47(65-66)59(76)77-51/h12-13,15-17,20,22,27,29-30,32,34-35,37,39,41,43,46-54,65,68-71H,11,14,18-19,21,23-26,28,31,33H2,1-10H3,(H,62,74)(H,63,73)(H,64,72)/t35-,37+,39-,41-,43-,46+,47?,48-,49-,50-,51-,52-,53-,54+,60-/m0/s1. The van der Waals surface area contributed by atoms with Crippen LogP contribution in [-0.4, -0.2) is 122 Å². The Morgan fingerprint density at radius 2 is 1.73 bits per heavy atom. The zero-order valence-corrected chi connectivity index (χ0v) is 47.4. The third kappa shape index (κ3) is 17.0. The van der Waals surface area contributed by atoms with E-state index in [-0.39, 0.29) is 79.3 Å². The summed E-state index contributed by atoms with van der Waals surface area (Å²) >= 11 is 0. The minimum Gasteiger partial charge on any atom is -0.508 e. The zero-order chi connectivity index (χ0) is 57.6. The Hall–Kier alpha value is -5.53. The van der Waals surface area contributed by atoms with Crippen LogP contribution >= 0.6 is 0 Å². The maximum absolute atomic E-state index is 14.6. The van der Waals surface area contributed by atoms with Crippen molar-refractivity contribution in [3.63, 3.8) is 0 Å². The molecule has 4 aliphatic heterocycles. The van der Waals surface area contributed by atoms with Gasteiger partial charge in [-0.2, -0.15) is 0 Å². The maximum atomic E-state index is 14.6. The predicted molar refractivity (Wildman–Crippen MR) is 294 cm³/mol. The summed E-state index contributed by atoms with van der Waals surface area (Å²) in [6.45, 7) is 18.4. The first-order valence-electron chi connectivity index (χ1n) is 28.1. The summed E-state index contributed by atoms with van der Waals surface area (Å²) in [5.74, 6) is -6.97. The lowest BCUT2D eigenvalue weighted by atomic mass is 9.75. The number of nitrogens with one attached hydrogen (secondary N) is 4. The fourth-order valence-corrected chi connectivity index (χ4v) is 11.0. The van der Waals surface area contributed by atoms with E-state index in [4.69, 9.17) is 9.47 Å². The van der Waals surface area contributed by atoms with Crippen LogP contribution in [0, 0.1) is 47.2 Å². The van der Waals surface area contributed by atoms with Crippen molar-refractivity contribution in [2.45, 2.75) is 194 Å². The van der Waals surface area contributed by atoms with E-state index < -0.39 is 101 Å². The molecule has 1 spiro atoms. The molecule has 78 heavy (non-hydrogen) atoms. The lowest BCUT2D eigenvalue weighted by Gasteiger charge is -2.51. The second-order valence-electron chi connectivity index (χ2n) is 22.8. The molecule has 2 bridgehead atoms. The summed E-state index contributed by atoms with van der Waals surface area (Å²) < 4.78 is 27.5. The van der Waals surface area contributed by atoms with E-state index in [1.807, 2.05) is 45.9 Å². The molecular weight excluding hydrogens is 1000 g/mol. The number of ether oxygens (including phenoxy) is 2. The van der Waals surface area contributed by atoms with E-state index >= 15 is 0 Å². The molecule has 8 N–H and O–H groups in total. The Morgan fingerprint density at radius 3 is 2.41 bits per heavy atom. The van der Waals surface area contributed by atoms with Gasteiger partial charge in [0.1, 0.15) is 41.6 Å². The van der Waals surface area contributed by atoms with Gasteiger partial charge in [-0.1, -0.05) is 97.1 Å². The van der Waals surface area contributed by atoms with E-state index in [2.05, 4.69) is 41.3 Å². The number of hydrogen-bond donors (Lipinski definition) is 8. The number of aromatic hydroxyl groups is 1. The highest BCUT2D eigenvalue weighted by Crippen LogP contribution is 2.43. The normalized spacial score (nSPS) is 32.1. The Labute approximate surface area is 460 Å². The number of hydrazine groups is 1. The van der Waals surface area contributed by atoms with Crippen LogP contribution in [0.15, 0.2) is 78.0 Å². The molecule has 18 heteroatoms. The molecule has 4 heterocycles. The van der Waals surface area contributed by atoms with E-state index in [1.165, 1.54) is 24.1 Å². The van der Waals surface area contributed by atoms with Crippen molar-refractivity contribution in [3.05, 3.63) is 89.3 Å². The highest BCUT2D eigenvalue weighted by molar-refractivity contribution is 5.93. The molecule has 0 aromatic heterocycles. The van der Waals surface area contributed by atoms with Gasteiger partial charge in [0, 0.05) is 62.0 Å². The van der Waals surface area contributed by atoms with E-state index in [1.54, 1.807) is 39.0 Å². The highest BCUT2D eigenvalue weighted by atomic mass is 19.1. The number of phenols is 1. The largest absolute Gasteiger partial charge is 0.508 e. The average Bonchev–Trinajstić information content (AvgIpc) is 3.52. The zero-order valence-electron chi connectivity index (χ0n) is 47.4. The van der Waals surface area contributed by atoms with Gasteiger partial charge in [-0.15, -0.1) is 0 Å². The molecule has 5 rings (SSSR count). The third-order valence-corrected chi connectivity index (χ3v) is 16.2. The maximum Gasteiger partial charge on any atom is 0.325 e. The first-order chi connectivity index (χ1) is 36.8. The van der Waals surface area contributed by atoms with Crippen molar-refractivity contribution in [2.24, 2.45) is 41.4 Å². The van der Waals surface area contributed by atoms with E-state index in [9.17, 15) is 53.6 Å². The summed E-state index contributed by atoms with van der Waals surface area (Å²) in [6, 6.07) is -0.367. The van der Waals surface area contributed by atoms with E-state index in [0.717, 1.165) is 30.5 Å². The van der Waals surface area contributed by atoms with Gasteiger partial charge in [0.05, 0.1) is 30.3 Å². The van der Waals surface area contributed by atoms with Gasteiger partial charge in [0.25, 0.3) is 5.91 Å².